The van der Waals surface area contributed by atoms with E-state index in [1.54, 1.807) is 0 Å². The van der Waals surface area contributed by atoms with Gasteiger partial charge in [-0.1, -0.05) is 0 Å². The molecule has 4 heteroatoms. The van der Waals surface area contributed by atoms with Crippen molar-refractivity contribution in [3.8, 4) is 0 Å². The van der Waals surface area contributed by atoms with Gasteiger partial charge in [0.2, 0.25) is 0 Å². The maximum atomic E-state index is 0. The smallest absolute Gasteiger partial charge is 2.00 e. The Labute approximate surface area is 48.7 Å². The Morgan fingerprint density at radius 2 is 0.750 bits per heavy atom. The van der Waals surface area contributed by atoms with Crippen LogP contribution in [-0.4, -0.2) is 0 Å². The first-order valence-electron chi connectivity index (χ1n) is 0. The molecule has 1 radical (unpaired) electrons. The molecular formula is MnO2Pd. The molecule has 0 amide bonds. The molecule has 0 aliphatic carbocycles. The summed E-state index contributed by atoms with van der Waals surface area (Å²) in [5.74, 6) is 0. The van der Waals surface area contributed by atoms with Crippen LogP contribution < -0.4 is 0 Å². The molecular weight excluding hydrogens is 193 g/mol. The molecule has 0 aromatic rings. The molecule has 0 aliphatic heterocycles. The van der Waals surface area contributed by atoms with E-state index in [0.717, 1.165) is 0 Å². The van der Waals surface area contributed by atoms with Gasteiger partial charge in [0.1, 0.15) is 0 Å². The first kappa shape index (κ1) is 70.7. The second-order valence-corrected chi connectivity index (χ2v) is 0. The molecule has 0 saturated heterocycles. The standard InChI is InChI=1S/Mn.2O.Pd/q+2;2*-2;+2. The molecule has 0 heterocycles. The van der Waals surface area contributed by atoms with Gasteiger partial charge >= 0.3 is 37.5 Å². The van der Waals surface area contributed by atoms with E-state index in [9.17, 15) is 0 Å². The third-order valence-corrected chi connectivity index (χ3v) is 0. The van der Waals surface area contributed by atoms with Crippen molar-refractivity contribution in [3.05, 3.63) is 0 Å². The fourth-order valence-electron chi connectivity index (χ4n) is 0. The number of hydrogen-bond donors (Lipinski definition) is 0. The summed E-state index contributed by atoms with van der Waals surface area (Å²) >= 11 is 0. The van der Waals surface area contributed by atoms with Gasteiger partial charge in [-0.15, -0.1) is 0 Å². The molecule has 0 aliphatic rings. The molecule has 0 atom stereocenters. The largest absolute Gasteiger partial charge is 2.00 e. The monoisotopic (exact) mass is 193 g/mol. The van der Waals surface area contributed by atoms with Gasteiger partial charge in [0.25, 0.3) is 0 Å². The minimum absolute atomic E-state index is 0. The van der Waals surface area contributed by atoms with Gasteiger partial charge in [0.15, 0.2) is 0 Å². The Balaban J connectivity index is 0. The normalized spacial score (nSPS) is 0. The predicted molar refractivity (Wildman–Crippen MR) is 1.37 cm³/mol. The third kappa shape index (κ3) is 11.3. The van der Waals surface area contributed by atoms with E-state index in [2.05, 4.69) is 0 Å². The average Bonchev–Trinajstić information content (AvgIpc) is 0. The van der Waals surface area contributed by atoms with Crippen LogP contribution in [0.1, 0.15) is 0 Å². The van der Waals surface area contributed by atoms with E-state index in [1.807, 2.05) is 0 Å². The molecule has 0 spiro atoms. The van der Waals surface area contributed by atoms with Gasteiger partial charge in [-0.3, -0.25) is 0 Å². The zero-order chi connectivity index (χ0) is 0. The first-order chi connectivity index (χ1) is 0. The van der Waals surface area contributed by atoms with Gasteiger partial charge < -0.3 is 11.0 Å². The van der Waals surface area contributed by atoms with Crippen LogP contribution in [0.15, 0.2) is 0 Å². The van der Waals surface area contributed by atoms with E-state index >= 15 is 0 Å². The maximum absolute atomic E-state index is 0. The number of rotatable bonds is 0. The van der Waals surface area contributed by atoms with Gasteiger partial charge in [0, 0.05) is 0 Å². The first-order valence-corrected chi connectivity index (χ1v) is 0. The van der Waals surface area contributed by atoms with Gasteiger partial charge in [-0.05, 0) is 0 Å². The van der Waals surface area contributed by atoms with Crippen LogP contribution in [0.5, 0.6) is 0 Å². The van der Waals surface area contributed by atoms with Crippen LogP contribution >= 0.6 is 0 Å². The summed E-state index contributed by atoms with van der Waals surface area (Å²) < 4.78 is 0. The summed E-state index contributed by atoms with van der Waals surface area (Å²) in [5, 5.41) is 0. The predicted octanol–water partition coefficient (Wildman–Crippen LogP) is -0.243. The Bertz CT molecular complexity index is 6.00. The molecule has 0 aromatic carbocycles. The van der Waals surface area contributed by atoms with Gasteiger partial charge in [-0.2, -0.15) is 0 Å². The molecule has 0 rings (SSSR count). The molecule has 0 aromatic heterocycles. The molecule has 0 fully saturated rings. The van der Waals surface area contributed by atoms with Crippen LogP contribution in [-0.2, 0) is 48.4 Å². The third-order valence-electron chi connectivity index (χ3n) is 0. The Kier molecular flexibility index (Phi) is 575. The second-order valence-electron chi connectivity index (χ2n) is 0. The summed E-state index contributed by atoms with van der Waals surface area (Å²) in [6.07, 6.45) is 0. The Morgan fingerprint density at radius 3 is 0.750 bits per heavy atom. The number of hydrogen-bond acceptors (Lipinski definition) is 0. The van der Waals surface area contributed by atoms with Crippen molar-refractivity contribution >= 4 is 0 Å². The summed E-state index contributed by atoms with van der Waals surface area (Å²) in [6, 6.07) is 0. The van der Waals surface area contributed by atoms with Crippen LogP contribution in [0, 0.1) is 0 Å². The minimum atomic E-state index is 0. The fraction of sp³-hybridized carbons (Fsp3) is 0. The molecule has 2 nitrogen and oxygen atoms in total. The minimum Gasteiger partial charge on any atom is -2.00 e. The fourth-order valence-corrected chi connectivity index (χ4v) is 0. The van der Waals surface area contributed by atoms with Crippen LogP contribution in [0.3, 0.4) is 0 Å². The topological polar surface area (TPSA) is 57.0 Å². The summed E-state index contributed by atoms with van der Waals surface area (Å²) in [5.41, 5.74) is 0. The zero-order valence-electron chi connectivity index (χ0n) is 1.51. The molecule has 4 heavy (non-hydrogen) atoms. The van der Waals surface area contributed by atoms with E-state index in [4.69, 9.17) is 0 Å². The van der Waals surface area contributed by atoms with E-state index in [0.29, 0.717) is 0 Å². The van der Waals surface area contributed by atoms with Crippen molar-refractivity contribution < 1.29 is 48.4 Å². The average molecular weight is 193 g/mol. The molecule has 0 saturated carbocycles. The van der Waals surface area contributed by atoms with Crippen molar-refractivity contribution in [2.24, 2.45) is 0 Å². The van der Waals surface area contributed by atoms with Crippen LogP contribution in [0.2, 0.25) is 0 Å². The quantitative estimate of drug-likeness (QED) is 0.477. The van der Waals surface area contributed by atoms with Crippen molar-refractivity contribution in [2.75, 3.05) is 0 Å². The summed E-state index contributed by atoms with van der Waals surface area (Å²) in [6.45, 7) is 0. The van der Waals surface area contributed by atoms with Gasteiger partial charge in [-0.25, -0.2) is 0 Å². The van der Waals surface area contributed by atoms with Crippen LogP contribution in [0.4, 0.5) is 0 Å². The Hall–Kier alpha value is 1.10. The molecule has 0 bridgehead atoms. The zero-order valence-corrected chi connectivity index (χ0v) is 4.25. The van der Waals surface area contributed by atoms with Crippen molar-refractivity contribution in [1.29, 1.82) is 0 Å². The van der Waals surface area contributed by atoms with E-state index < -0.39 is 0 Å². The molecule has 0 N–H and O–H groups in total. The maximum Gasteiger partial charge on any atom is 2.00 e. The summed E-state index contributed by atoms with van der Waals surface area (Å²) in [4.78, 5) is 0. The molecule has 0 unspecified atom stereocenters. The SMILES string of the molecule is [Mn+2].[O-2].[O-2].[Pd+2]. The van der Waals surface area contributed by atoms with Crippen LogP contribution in [0.25, 0.3) is 0 Å². The van der Waals surface area contributed by atoms with Crippen molar-refractivity contribution in [3.63, 3.8) is 0 Å². The van der Waals surface area contributed by atoms with Gasteiger partial charge in [0.05, 0.1) is 0 Å². The van der Waals surface area contributed by atoms with Crippen molar-refractivity contribution in [2.45, 2.75) is 0 Å². The second kappa shape index (κ2) is 32.5. The summed E-state index contributed by atoms with van der Waals surface area (Å²) in [7, 11) is 0. The van der Waals surface area contributed by atoms with E-state index in [-0.39, 0.29) is 48.4 Å². The van der Waals surface area contributed by atoms with Crippen molar-refractivity contribution in [1.82, 2.24) is 0 Å². The molecule has 29 valence electrons. The van der Waals surface area contributed by atoms with E-state index in [1.165, 1.54) is 0 Å². The Morgan fingerprint density at radius 1 is 0.750 bits per heavy atom.